The fraction of sp³-hybridized carbons (Fsp3) is 0.769. The zero-order valence-electron chi connectivity index (χ0n) is 12.2. The molecule has 1 aromatic heterocycles. The van der Waals surface area contributed by atoms with Gasteiger partial charge in [-0.3, -0.25) is 15.4 Å². The van der Waals surface area contributed by atoms with Crippen molar-refractivity contribution in [2.24, 2.45) is 5.84 Å². The number of nitrogens with one attached hydrogen (secondary N) is 1. The van der Waals surface area contributed by atoms with Gasteiger partial charge in [-0.15, -0.1) is 0 Å². The lowest BCUT2D eigenvalue weighted by Gasteiger charge is -2.36. The van der Waals surface area contributed by atoms with Crippen LogP contribution in [0.2, 0.25) is 0 Å². The van der Waals surface area contributed by atoms with Crippen LogP contribution in [0, 0.1) is 0 Å². The lowest BCUT2D eigenvalue weighted by Crippen LogP contribution is -2.50. The molecule has 0 radical (unpaired) electrons. The number of hydrazine groups is 1. The Labute approximate surface area is 128 Å². The van der Waals surface area contributed by atoms with Gasteiger partial charge in [-0.25, -0.2) is 5.43 Å². The number of nitrogens with zero attached hydrogens (tertiary/aromatic N) is 3. The molecule has 0 amide bonds. The first-order chi connectivity index (χ1) is 9.71. The van der Waals surface area contributed by atoms with Crippen molar-refractivity contribution >= 4 is 15.9 Å². The number of hydrogen-bond acceptors (Lipinski definition) is 5. The van der Waals surface area contributed by atoms with Crippen molar-refractivity contribution in [2.75, 3.05) is 26.2 Å². The molecule has 1 fully saturated rings. The van der Waals surface area contributed by atoms with Crippen LogP contribution in [0.5, 0.6) is 0 Å². The van der Waals surface area contributed by atoms with Crippen molar-refractivity contribution in [1.82, 2.24) is 20.1 Å². The van der Waals surface area contributed by atoms with E-state index >= 15 is 0 Å². The molecule has 2 atom stereocenters. The van der Waals surface area contributed by atoms with E-state index in [1.54, 1.807) is 0 Å². The van der Waals surface area contributed by atoms with Crippen molar-refractivity contribution < 1.29 is 4.74 Å². The summed E-state index contributed by atoms with van der Waals surface area (Å²) in [5.41, 5.74) is 3.98. The maximum Gasteiger partial charge on any atom is 0.0925 e. The van der Waals surface area contributed by atoms with Crippen molar-refractivity contribution in [3.8, 4) is 0 Å². The van der Waals surface area contributed by atoms with E-state index in [-0.39, 0.29) is 12.1 Å². The highest BCUT2D eigenvalue weighted by molar-refractivity contribution is 9.10. The van der Waals surface area contributed by atoms with Crippen LogP contribution in [0.4, 0.5) is 0 Å². The summed E-state index contributed by atoms with van der Waals surface area (Å²) in [7, 11) is 0. The quantitative estimate of drug-likeness (QED) is 0.600. The first kappa shape index (κ1) is 15.9. The molecular formula is C13H24BrN5O. The predicted molar refractivity (Wildman–Crippen MR) is 82.1 cm³/mol. The highest BCUT2D eigenvalue weighted by Crippen LogP contribution is 2.28. The second-order valence-corrected chi connectivity index (χ2v) is 5.90. The van der Waals surface area contributed by atoms with Crippen molar-refractivity contribution in [2.45, 2.75) is 39.0 Å². The van der Waals surface area contributed by atoms with E-state index in [1.807, 2.05) is 10.9 Å². The Kier molecular flexibility index (Phi) is 5.98. The van der Waals surface area contributed by atoms with E-state index in [2.05, 4.69) is 45.2 Å². The maximum atomic E-state index is 5.93. The summed E-state index contributed by atoms with van der Waals surface area (Å²) in [5, 5.41) is 4.41. The van der Waals surface area contributed by atoms with Crippen molar-refractivity contribution in [3.63, 3.8) is 0 Å². The minimum atomic E-state index is -0.0622. The van der Waals surface area contributed by atoms with E-state index in [0.717, 1.165) is 49.4 Å². The number of rotatable bonds is 6. The molecule has 0 aromatic carbocycles. The van der Waals surface area contributed by atoms with Crippen LogP contribution in [0.3, 0.4) is 0 Å². The van der Waals surface area contributed by atoms with Gasteiger partial charge >= 0.3 is 0 Å². The highest BCUT2D eigenvalue weighted by atomic mass is 79.9. The van der Waals surface area contributed by atoms with E-state index in [0.29, 0.717) is 0 Å². The maximum absolute atomic E-state index is 5.93. The number of morpholine rings is 1. The van der Waals surface area contributed by atoms with Gasteiger partial charge < -0.3 is 4.74 Å². The Bertz CT molecular complexity index is 425. The first-order valence-electron chi connectivity index (χ1n) is 7.22. The fourth-order valence-corrected chi connectivity index (χ4v) is 3.20. The number of halogens is 1. The van der Waals surface area contributed by atoms with Crippen LogP contribution in [-0.2, 0) is 11.3 Å². The van der Waals surface area contributed by atoms with Crippen molar-refractivity contribution in [3.05, 3.63) is 16.4 Å². The molecule has 0 saturated carbocycles. The van der Waals surface area contributed by atoms with Gasteiger partial charge in [0, 0.05) is 19.6 Å². The lowest BCUT2D eigenvalue weighted by atomic mass is 10.1. The third-order valence-electron chi connectivity index (χ3n) is 3.74. The molecule has 2 rings (SSSR count). The number of aryl methyl sites for hydroxylation is 1. The summed E-state index contributed by atoms with van der Waals surface area (Å²) in [6.07, 6.45) is 2.90. The molecule has 1 aliphatic rings. The summed E-state index contributed by atoms with van der Waals surface area (Å²) in [4.78, 5) is 2.38. The molecule has 1 aromatic rings. The van der Waals surface area contributed by atoms with Gasteiger partial charge in [-0.2, -0.15) is 5.10 Å². The zero-order chi connectivity index (χ0) is 14.5. The summed E-state index contributed by atoms with van der Waals surface area (Å²) in [6.45, 7) is 8.84. The number of likely N-dealkylation sites (N-methyl/N-ethyl adjacent to an activating group) is 1. The van der Waals surface area contributed by atoms with E-state index < -0.39 is 0 Å². The molecule has 7 heteroatoms. The molecule has 2 unspecified atom stereocenters. The Morgan fingerprint density at radius 1 is 1.60 bits per heavy atom. The second-order valence-electron chi connectivity index (χ2n) is 5.05. The molecule has 1 saturated heterocycles. The van der Waals surface area contributed by atoms with E-state index in [9.17, 15) is 0 Å². The van der Waals surface area contributed by atoms with Crippen LogP contribution in [0.15, 0.2) is 10.7 Å². The van der Waals surface area contributed by atoms with Crippen LogP contribution in [0.1, 0.15) is 32.0 Å². The van der Waals surface area contributed by atoms with Gasteiger partial charge in [0.05, 0.1) is 35.1 Å². The molecule has 0 aliphatic carbocycles. The number of nitrogens with two attached hydrogens (primary N) is 1. The predicted octanol–water partition coefficient (Wildman–Crippen LogP) is 1.28. The number of aromatic nitrogens is 2. The first-order valence-corrected chi connectivity index (χ1v) is 8.01. The molecule has 1 aliphatic heterocycles. The average molecular weight is 346 g/mol. The lowest BCUT2D eigenvalue weighted by molar-refractivity contribution is -0.0471. The topological polar surface area (TPSA) is 68.3 Å². The molecule has 0 spiro atoms. The summed E-state index contributed by atoms with van der Waals surface area (Å²) >= 11 is 3.58. The van der Waals surface area contributed by atoms with Gasteiger partial charge in [-0.1, -0.05) is 13.8 Å². The van der Waals surface area contributed by atoms with Crippen LogP contribution < -0.4 is 11.3 Å². The van der Waals surface area contributed by atoms with Gasteiger partial charge in [0.2, 0.25) is 0 Å². The Morgan fingerprint density at radius 3 is 3.05 bits per heavy atom. The summed E-state index contributed by atoms with van der Waals surface area (Å²) < 4.78 is 8.91. The van der Waals surface area contributed by atoms with Gasteiger partial charge in [0.25, 0.3) is 0 Å². The number of hydrogen-bond donors (Lipinski definition) is 2. The van der Waals surface area contributed by atoms with Gasteiger partial charge in [0.15, 0.2) is 0 Å². The van der Waals surface area contributed by atoms with Gasteiger partial charge in [-0.05, 0) is 28.9 Å². The minimum absolute atomic E-state index is 0.0392. The third kappa shape index (κ3) is 3.40. The molecule has 0 bridgehead atoms. The third-order valence-corrected chi connectivity index (χ3v) is 4.35. The van der Waals surface area contributed by atoms with Crippen LogP contribution >= 0.6 is 15.9 Å². The summed E-state index contributed by atoms with van der Waals surface area (Å²) in [5.74, 6) is 5.81. The normalized spacial score (nSPS) is 22.1. The number of ether oxygens (including phenoxy) is 1. The van der Waals surface area contributed by atoms with E-state index in [1.165, 1.54) is 0 Å². The average Bonchev–Trinajstić information content (AvgIpc) is 2.82. The zero-order valence-corrected chi connectivity index (χ0v) is 13.8. The van der Waals surface area contributed by atoms with E-state index in [4.69, 9.17) is 10.6 Å². The fourth-order valence-electron chi connectivity index (χ4n) is 2.65. The highest BCUT2D eigenvalue weighted by Gasteiger charge is 2.31. The smallest absolute Gasteiger partial charge is 0.0925 e. The minimum Gasteiger partial charge on any atom is -0.373 e. The molecule has 114 valence electrons. The van der Waals surface area contributed by atoms with Gasteiger partial charge in [0.1, 0.15) is 0 Å². The standard InChI is InChI=1S/C13H24BrN5O/c1-3-5-19-13(10(14)8-16-19)12(17-15)11-9-18(4-2)6-7-20-11/h8,11-12,17H,3-7,9,15H2,1-2H3. The largest absolute Gasteiger partial charge is 0.373 e. The summed E-state index contributed by atoms with van der Waals surface area (Å²) in [6, 6.07) is -0.0622. The molecule has 6 nitrogen and oxygen atoms in total. The molecule has 20 heavy (non-hydrogen) atoms. The monoisotopic (exact) mass is 345 g/mol. The second kappa shape index (κ2) is 7.51. The molecule has 3 N–H and O–H groups in total. The Hall–Kier alpha value is -0.470. The Morgan fingerprint density at radius 2 is 2.40 bits per heavy atom. The molecular weight excluding hydrogens is 322 g/mol. The van der Waals surface area contributed by atoms with Crippen LogP contribution in [-0.4, -0.2) is 47.0 Å². The van der Waals surface area contributed by atoms with Crippen LogP contribution in [0.25, 0.3) is 0 Å². The Balaban J connectivity index is 2.21. The SMILES string of the molecule is CCCn1ncc(Br)c1C(NN)C1CN(CC)CCO1. The van der Waals surface area contributed by atoms with Crippen molar-refractivity contribution in [1.29, 1.82) is 0 Å². The molecule has 2 heterocycles.